The third kappa shape index (κ3) is 4.54. The molecule has 2 aliphatic heterocycles. The Morgan fingerprint density at radius 1 is 1.23 bits per heavy atom. The summed E-state index contributed by atoms with van der Waals surface area (Å²) in [6.45, 7) is 10.0. The molecule has 1 amide bonds. The van der Waals surface area contributed by atoms with Gasteiger partial charge in [0.1, 0.15) is 0 Å². The van der Waals surface area contributed by atoms with Gasteiger partial charge in [-0.3, -0.25) is 9.69 Å². The van der Waals surface area contributed by atoms with Gasteiger partial charge in [-0.05, 0) is 44.5 Å². The topological polar surface area (TPSA) is 113 Å². The van der Waals surface area contributed by atoms with Crippen LogP contribution in [0.2, 0.25) is 0 Å². The molecule has 0 saturated carbocycles. The molecule has 1 atom stereocenters. The van der Waals surface area contributed by atoms with Crippen LogP contribution in [0.3, 0.4) is 0 Å². The predicted molar refractivity (Wildman–Crippen MR) is 113 cm³/mol. The second kappa shape index (κ2) is 8.19. The molecule has 2 aliphatic rings. The van der Waals surface area contributed by atoms with Gasteiger partial charge in [-0.15, -0.1) is 0 Å². The van der Waals surface area contributed by atoms with Crippen LogP contribution in [0.4, 0.5) is 5.69 Å². The monoisotopic (exact) mass is 459 g/mol. The van der Waals surface area contributed by atoms with E-state index >= 15 is 0 Å². The van der Waals surface area contributed by atoms with Gasteiger partial charge in [-0.1, -0.05) is 6.92 Å². The van der Waals surface area contributed by atoms with Crippen molar-refractivity contribution in [1.29, 1.82) is 0 Å². The molecular formula is C19H29N3O6S2. The van der Waals surface area contributed by atoms with Gasteiger partial charge in [-0.25, -0.2) is 25.9 Å². The van der Waals surface area contributed by atoms with Crippen LogP contribution in [0.1, 0.15) is 26.3 Å². The van der Waals surface area contributed by atoms with Crippen molar-refractivity contribution in [3.63, 3.8) is 0 Å². The fourth-order valence-corrected chi connectivity index (χ4v) is 7.02. The highest BCUT2D eigenvalue weighted by Crippen LogP contribution is 2.30. The average Bonchev–Trinajstić information content (AvgIpc) is 2.87. The van der Waals surface area contributed by atoms with Gasteiger partial charge >= 0.3 is 0 Å². The smallest absolute Gasteiger partial charge is 0.244 e. The van der Waals surface area contributed by atoms with Gasteiger partial charge in [-0.2, -0.15) is 0 Å². The Balaban J connectivity index is 1.79. The number of sulfonamides is 2. The van der Waals surface area contributed by atoms with Crippen LogP contribution in [-0.2, 0) is 29.6 Å². The second-order valence-corrected chi connectivity index (χ2v) is 12.1. The van der Waals surface area contributed by atoms with Crippen molar-refractivity contribution in [2.75, 3.05) is 42.9 Å². The fourth-order valence-electron chi connectivity index (χ4n) is 3.78. The van der Waals surface area contributed by atoms with Crippen LogP contribution in [0.5, 0.6) is 0 Å². The van der Waals surface area contributed by atoms with E-state index in [0.29, 0.717) is 18.8 Å². The number of nitrogens with zero attached hydrogens (tertiary/aromatic N) is 2. The minimum atomic E-state index is -3.82. The minimum Gasteiger partial charge on any atom is -0.379 e. The maximum atomic E-state index is 12.9. The Morgan fingerprint density at radius 3 is 2.40 bits per heavy atom. The van der Waals surface area contributed by atoms with E-state index in [1.165, 1.54) is 18.2 Å². The molecule has 30 heavy (non-hydrogen) atoms. The normalized spacial score (nSPS) is 23.1. The van der Waals surface area contributed by atoms with Crippen LogP contribution < -0.4 is 9.03 Å². The average molecular weight is 460 g/mol. The van der Waals surface area contributed by atoms with Crippen molar-refractivity contribution in [1.82, 2.24) is 9.62 Å². The number of anilines is 1. The standard InChI is InChI=1S/C19H29N3O6S2/c1-14-11-16(22-18(23)15(2)12-29(22,24)25)5-6-17(14)30(26,27)20-13-19(3,4)21-7-9-28-10-8-21/h5-6,11,15,20H,7-10,12-13H2,1-4H3. The van der Waals surface area contributed by atoms with Crippen LogP contribution in [0.15, 0.2) is 23.1 Å². The fraction of sp³-hybridized carbons (Fsp3) is 0.632. The van der Waals surface area contributed by atoms with Crippen LogP contribution in [-0.4, -0.2) is 71.8 Å². The lowest BCUT2D eigenvalue weighted by atomic mass is 10.0. The summed E-state index contributed by atoms with van der Waals surface area (Å²) in [4.78, 5) is 14.5. The van der Waals surface area contributed by atoms with Gasteiger partial charge in [0.25, 0.3) is 0 Å². The SMILES string of the molecule is Cc1cc(N2C(=O)C(C)CS2(=O)=O)ccc1S(=O)(=O)NCC(C)(C)N1CCOCC1. The first kappa shape index (κ1) is 23.1. The van der Waals surface area contributed by atoms with E-state index in [1.807, 2.05) is 13.8 Å². The third-order valence-electron chi connectivity index (χ3n) is 5.61. The second-order valence-electron chi connectivity index (χ2n) is 8.47. The summed E-state index contributed by atoms with van der Waals surface area (Å²) in [5, 5.41) is 0. The van der Waals surface area contributed by atoms with Gasteiger partial charge in [0.05, 0.1) is 35.5 Å². The highest BCUT2D eigenvalue weighted by atomic mass is 32.2. The summed E-state index contributed by atoms with van der Waals surface area (Å²) >= 11 is 0. The molecule has 1 unspecified atom stereocenters. The van der Waals surface area contributed by atoms with Gasteiger partial charge in [0.2, 0.25) is 26.0 Å². The number of rotatable bonds is 6. The molecule has 168 valence electrons. The first-order valence-electron chi connectivity index (χ1n) is 9.85. The van der Waals surface area contributed by atoms with Crippen molar-refractivity contribution in [3.8, 4) is 0 Å². The largest absolute Gasteiger partial charge is 0.379 e. The minimum absolute atomic E-state index is 0.0566. The van der Waals surface area contributed by atoms with E-state index in [0.717, 1.165) is 17.4 Å². The van der Waals surface area contributed by atoms with Gasteiger partial charge < -0.3 is 4.74 Å². The summed E-state index contributed by atoms with van der Waals surface area (Å²) in [6.07, 6.45) is 0. The summed E-state index contributed by atoms with van der Waals surface area (Å²) in [6, 6.07) is 4.14. The van der Waals surface area contributed by atoms with Gasteiger partial charge in [0.15, 0.2) is 0 Å². The number of aryl methyl sites for hydroxylation is 1. The highest BCUT2D eigenvalue weighted by Gasteiger charge is 2.42. The number of ether oxygens (including phenoxy) is 1. The zero-order valence-corrected chi connectivity index (χ0v) is 19.3. The molecule has 1 N–H and O–H groups in total. The molecule has 0 radical (unpaired) electrons. The molecule has 0 aromatic heterocycles. The first-order valence-corrected chi connectivity index (χ1v) is 12.9. The van der Waals surface area contributed by atoms with E-state index in [2.05, 4.69) is 9.62 Å². The van der Waals surface area contributed by atoms with E-state index in [-0.39, 0.29) is 22.9 Å². The Labute approximate surface area is 178 Å². The number of nitrogens with one attached hydrogen (secondary N) is 1. The predicted octanol–water partition coefficient (Wildman–Crippen LogP) is 0.697. The number of amides is 1. The molecule has 2 saturated heterocycles. The number of hydrogen-bond donors (Lipinski definition) is 1. The summed E-state index contributed by atoms with van der Waals surface area (Å²) in [5.41, 5.74) is 0.137. The van der Waals surface area contributed by atoms with E-state index < -0.39 is 37.4 Å². The summed E-state index contributed by atoms with van der Waals surface area (Å²) < 4.78 is 59.2. The zero-order chi connectivity index (χ0) is 22.3. The lowest BCUT2D eigenvalue weighted by molar-refractivity contribution is -0.119. The Bertz CT molecular complexity index is 1030. The molecule has 2 heterocycles. The van der Waals surface area contributed by atoms with Crippen molar-refractivity contribution >= 4 is 31.6 Å². The molecule has 0 bridgehead atoms. The number of carbonyl (C=O) groups excluding carboxylic acids is 1. The molecule has 3 rings (SSSR count). The van der Waals surface area contributed by atoms with Crippen molar-refractivity contribution in [3.05, 3.63) is 23.8 Å². The molecule has 0 aliphatic carbocycles. The number of morpholine rings is 1. The lowest BCUT2D eigenvalue weighted by Gasteiger charge is -2.40. The third-order valence-corrected chi connectivity index (χ3v) is 9.03. The molecule has 11 heteroatoms. The number of benzene rings is 1. The highest BCUT2D eigenvalue weighted by molar-refractivity contribution is 7.94. The molecule has 1 aromatic carbocycles. The molecule has 9 nitrogen and oxygen atoms in total. The Kier molecular flexibility index (Phi) is 6.32. The number of carbonyl (C=O) groups is 1. The zero-order valence-electron chi connectivity index (χ0n) is 17.7. The van der Waals surface area contributed by atoms with Crippen LogP contribution in [0.25, 0.3) is 0 Å². The van der Waals surface area contributed by atoms with Crippen molar-refractivity contribution < 1.29 is 26.4 Å². The quantitative estimate of drug-likeness (QED) is 0.666. The first-order chi connectivity index (χ1) is 13.8. The lowest BCUT2D eigenvalue weighted by Crippen LogP contribution is -2.55. The van der Waals surface area contributed by atoms with E-state index in [9.17, 15) is 21.6 Å². The maximum Gasteiger partial charge on any atom is 0.244 e. The maximum absolute atomic E-state index is 12.9. The van der Waals surface area contributed by atoms with E-state index in [4.69, 9.17) is 4.74 Å². The summed E-state index contributed by atoms with van der Waals surface area (Å²) in [7, 11) is -7.56. The van der Waals surface area contributed by atoms with Crippen molar-refractivity contribution in [2.45, 2.75) is 38.1 Å². The van der Waals surface area contributed by atoms with Gasteiger partial charge in [0, 0.05) is 25.2 Å². The van der Waals surface area contributed by atoms with Crippen LogP contribution >= 0.6 is 0 Å². The molecular weight excluding hydrogens is 430 g/mol. The van der Waals surface area contributed by atoms with Crippen molar-refractivity contribution in [2.24, 2.45) is 5.92 Å². The Morgan fingerprint density at radius 2 is 1.87 bits per heavy atom. The number of hydrogen-bond acceptors (Lipinski definition) is 7. The molecule has 0 spiro atoms. The summed E-state index contributed by atoms with van der Waals surface area (Å²) in [5.74, 6) is -1.37. The van der Waals surface area contributed by atoms with Crippen LogP contribution in [0, 0.1) is 12.8 Å². The Hall–Kier alpha value is -1.53. The molecule has 2 fully saturated rings. The molecule has 1 aromatic rings. The van der Waals surface area contributed by atoms with E-state index in [1.54, 1.807) is 13.8 Å².